The summed E-state index contributed by atoms with van der Waals surface area (Å²) in [6, 6.07) is 1.25. The normalized spacial score (nSPS) is 18.0. The van der Waals surface area contributed by atoms with Gasteiger partial charge in [0.15, 0.2) is 0 Å². The summed E-state index contributed by atoms with van der Waals surface area (Å²) in [5.74, 6) is -0.679. The number of nitrogens with zero attached hydrogens (tertiary/aromatic N) is 1. The average Bonchev–Trinajstić information content (AvgIpc) is 3.04. The number of aromatic nitrogens is 1. The molecule has 0 unspecified atom stereocenters. The highest BCUT2D eigenvalue weighted by atomic mass is 32.2. The van der Waals surface area contributed by atoms with Gasteiger partial charge in [0, 0.05) is 31.8 Å². The number of aliphatic hydroxyl groups excluding tert-OH is 1. The van der Waals surface area contributed by atoms with Crippen LogP contribution in [0.3, 0.4) is 0 Å². The lowest BCUT2D eigenvalue weighted by Crippen LogP contribution is -2.38. The van der Waals surface area contributed by atoms with E-state index in [1.54, 1.807) is 7.05 Å². The van der Waals surface area contributed by atoms with E-state index in [2.05, 4.69) is 4.72 Å². The fourth-order valence-corrected chi connectivity index (χ4v) is 4.00. The third-order valence-electron chi connectivity index (χ3n) is 4.18. The van der Waals surface area contributed by atoms with Crippen molar-refractivity contribution in [3.05, 3.63) is 18.0 Å². The summed E-state index contributed by atoms with van der Waals surface area (Å²) in [5.41, 5.74) is 4.95. The Kier molecular flexibility index (Phi) is 4.40. The van der Waals surface area contributed by atoms with Gasteiger partial charge in [0.2, 0.25) is 10.0 Å². The van der Waals surface area contributed by atoms with Gasteiger partial charge in [0.05, 0.1) is 0 Å². The van der Waals surface area contributed by atoms with Gasteiger partial charge < -0.3 is 15.4 Å². The minimum Gasteiger partial charge on any atom is -0.396 e. The van der Waals surface area contributed by atoms with Crippen molar-refractivity contribution in [1.82, 2.24) is 9.29 Å². The molecule has 0 saturated heterocycles. The van der Waals surface area contributed by atoms with Crippen LogP contribution in [-0.2, 0) is 17.1 Å². The first-order valence-electron chi connectivity index (χ1n) is 6.86. The SMILES string of the molecule is Cn1cc(S(=O)(=O)NCC2(CO)CCCC2)cc1C(N)=O. The number of amides is 1. The second-order valence-electron chi connectivity index (χ2n) is 5.73. The molecule has 1 aromatic heterocycles. The highest BCUT2D eigenvalue weighted by Gasteiger charge is 2.34. The van der Waals surface area contributed by atoms with Crippen LogP contribution >= 0.6 is 0 Å². The van der Waals surface area contributed by atoms with Crippen molar-refractivity contribution in [2.45, 2.75) is 30.6 Å². The molecule has 0 aliphatic heterocycles. The molecule has 1 saturated carbocycles. The Morgan fingerprint density at radius 1 is 1.48 bits per heavy atom. The van der Waals surface area contributed by atoms with Crippen molar-refractivity contribution in [2.24, 2.45) is 18.2 Å². The van der Waals surface area contributed by atoms with Crippen LogP contribution in [-0.4, -0.2) is 37.2 Å². The highest BCUT2D eigenvalue weighted by molar-refractivity contribution is 7.89. The van der Waals surface area contributed by atoms with E-state index in [0.717, 1.165) is 25.7 Å². The minimum absolute atomic E-state index is 0.00452. The van der Waals surface area contributed by atoms with E-state index >= 15 is 0 Å². The van der Waals surface area contributed by atoms with Gasteiger partial charge in [-0.05, 0) is 18.9 Å². The van der Waals surface area contributed by atoms with Crippen LogP contribution in [0.2, 0.25) is 0 Å². The van der Waals surface area contributed by atoms with Gasteiger partial charge in [-0.3, -0.25) is 4.79 Å². The fourth-order valence-electron chi connectivity index (χ4n) is 2.77. The number of nitrogens with two attached hydrogens (primary N) is 1. The maximum absolute atomic E-state index is 12.3. The van der Waals surface area contributed by atoms with Gasteiger partial charge in [-0.2, -0.15) is 0 Å². The molecule has 7 nitrogen and oxygen atoms in total. The van der Waals surface area contributed by atoms with Gasteiger partial charge in [-0.1, -0.05) is 12.8 Å². The number of sulfonamides is 1. The zero-order valence-electron chi connectivity index (χ0n) is 12.0. The number of carbonyl (C=O) groups is 1. The number of primary amides is 1. The Hall–Kier alpha value is -1.38. The van der Waals surface area contributed by atoms with Gasteiger partial charge in [-0.25, -0.2) is 13.1 Å². The van der Waals surface area contributed by atoms with Crippen LogP contribution in [0.4, 0.5) is 0 Å². The lowest BCUT2D eigenvalue weighted by Gasteiger charge is -2.26. The minimum atomic E-state index is -3.72. The van der Waals surface area contributed by atoms with Crippen molar-refractivity contribution >= 4 is 15.9 Å². The van der Waals surface area contributed by atoms with Crippen molar-refractivity contribution in [3.8, 4) is 0 Å². The van der Waals surface area contributed by atoms with E-state index < -0.39 is 15.9 Å². The van der Waals surface area contributed by atoms with Crippen LogP contribution in [0.15, 0.2) is 17.2 Å². The van der Waals surface area contributed by atoms with Crippen LogP contribution in [0.25, 0.3) is 0 Å². The Morgan fingerprint density at radius 3 is 2.57 bits per heavy atom. The summed E-state index contributed by atoms with van der Waals surface area (Å²) in [5, 5.41) is 9.50. The molecule has 8 heteroatoms. The summed E-state index contributed by atoms with van der Waals surface area (Å²) < 4.78 is 28.5. The Bertz CT molecular complexity index is 630. The summed E-state index contributed by atoms with van der Waals surface area (Å²) in [7, 11) is -2.16. The van der Waals surface area contributed by atoms with Crippen molar-refractivity contribution < 1.29 is 18.3 Å². The molecule has 0 aromatic carbocycles. The smallest absolute Gasteiger partial charge is 0.265 e. The summed E-state index contributed by atoms with van der Waals surface area (Å²) in [6.07, 6.45) is 4.97. The fraction of sp³-hybridized carbons (Fsp3) is 0.615. The first kappa shape index (κ1) is 16.0. The second kappa shape index (κ2) is 5.78. The molecule has 0 bridgehead atoms. The molecule has 2 rings (SSSR count). The molecule has 1 aromatic rings. The number of hydrogen-bond acceptors (Lipinski definition) is 4. The van der Waals surface area contributed by atoms with Gasteiger partial charge in [0.25, 0.3) is 5.91 Å². The first-order chi connectivity index (χ1) is 9.80. The molecule has 1 fully saturated rings. The number of aryl methyl sites for hydroxylation is 1. The van der Waals surface area contributed by atoms with Gasteiger partial charge in [0.1, 0.15) is 10.6 Å². The molecule has 0 spiro atoms. The van der Waals surface area contributed by atoms with Crippen molar-refractivity contribution in [3.63, 3.8) is 0 Å². The molecule has 1 heterocycles. The van der Waals surface area contributed by atoms with E-state index in [0.29, 0.717) is 0 Å². The molecule has 1 aliphatic rings. The quantitative estimate of drug-likeness (QED) is 0.683. The number of aliphatic hydroxyl groups is 1. The number of hydrogen-bond donors (Lipinski definition) is 3. The second-order valence-corrected chi connectivity index (χ2v) is 7.49. The first-order valence-corrected chi connectivity index (χ1v) is 8.35. The molecule has 1 amide bonds. The number of carbonyl (C=O) groups excluding carboxylic acids is 1. The van der Waals surface area contributed by atoms with Gasteiger partial charge in [-0.15, -0.1) is 0 Å². The third kappa shape index (κ3) is 3.28. The maximum atomic E-state index is 12.3. The highest BCUT2D eigenvalue weighted by Crippen LogP contribution is 2.37. The van der Waals surface area contributed by atoms with Crippen LogP contribution in [0.1, 0.15) is 36.2 Å². The topological polar surface area (TPSA) is 114 Å². The van der Waals surface area contributed by atoms with E-state index in [1.165, 1.54) is 16.8 Å². The molecular formula is C13H21N3O4S. The lowest BCUT2D eigenvalue weighted by atomic mass is 9.88. The van der Waals surface area contributed by atoms with Crippen molar-refractivity contribution in [2.75, 3.05) is 13.2 Å². The molecule has 4 N–H and O–H groups in total. The molecule has 0 atom stereocenters. The van der Waals surface area contributed by atoms with Crippen molar-refractivity contribution in [1.29, 1.82) is 0 Å². The average molecular weight is 315 g/mol. The molecule has 21 heavy (non-hydrogen) atoms. The predicted molar refractivity (Wildman–Crippen MR) is 77.1 cm³/mol. The molecular weight excluding hydrogens is 294 g/mol. The lowest BCUT2D eigenvalue weighted by molar-refractivity contribution is 0.0992. The van der Waals surface area contributed by atoms with E-state index in [1.807, 2.05) is 0 Å². The number of rotatable bonds is 6. The Morgan fingerprint density at radius 2 is 2.10 bits per heavy atom. The van der Waals surface area contributed by atoms with E-state index in [-0.39, 0.29) is 29.2 Å². The molecule has 118 valence electrons. The Balaban J connectivity index is 2.15. The van der Waals surface area contributed by atoms with Gasteiger partial charge >= 0.3 is 0 Å². The predicted octanol–water partition coefficient (Wildman–Crippen LogP) is -0.0450. The standard InChI is InChI=1S/C13H21N3O4S/c1-16-7-10(6-11(16)12(14)18)21(19,20)15-8-13(9-17)4-2-3-5-13/h6-7,15,17H,2-5,8-9H2,1H3,(H2,14,18). The Labute approximate surface area is 124 Å². The van der Waals surface area contributed by atoms with Crippen LogP contribution < -0.4 is 10.5 Å². The van der Waals surface area contributed by atoms with E-state index in [9.17, 15) is 18.3 Å². The van der Waals surface area contributed by atoms with Crippen LogP contribution in [0.5, 0.6) is 0 Å². The maximum Gasteiger partial charge on any atom is 0.265 e. The zero-order chi connectivity index (χ0) is 15.7. The van der Waals surface area contributed by atoms with Crippen LogP contribution in [0, 0.1) is 5.41 Å². The summed E-state index contributed by atoms with van der Waals surface area (Å²) in [6.45, 7) is 0.170. The zero-order valence-corrected chi connectivity index (χ0v) is 12.8. The summed E-state index contributed by atoms with van der Waals surface area (Å²) in [4.78, 5) is 11.2. The molecule has 0 radical (unpaired) electrons. The van der Waals surface area contributed by atoms with E-state index in [4.69, 9.17) is 5.73 Å². The third-order valence-corrected chi connectivity index (χ3v) is 5.55. The number of nitrogens with one attached hydrogen (secondary N) is 1. The summed E-state index contributed by atoms with van der Waals surface area (Å²) >= 11 is 0. The largest absolute Gasteiger partial charge is 0.396 e. The monoisotopic (exact) mass is 315 g/mol. The molecule has 1 aliphatic carbocycles.